The molecule has 150 valence electrons. The molecule has 0 spiro atoms. The lowest BCUT2D eigenvalue weighted by atomic mass is 10.0. The molecule has 6 heteroatoms. The summed E-state index contributed by atoms with van der Waals surface area (Å²) in [4.78, 5) is 18.7. The summed E-state index contributed by atoms with van der Waals surface area (Å²) in [6.45, 7) is 3.30. The maximum Gasteiger partial charge on any atom is 0.256 e. The predicted octanol–water partition coefficient (Wildman–Crippen LogP) is 4.33. The number of anilines is 1. The largest absolute Gasteiger partial charge is 0.382 e. The first kappa shape index (κ1) is 19.7. The van der Waals surface area contributed by atoms with Crippen LogP contribution in [0.1, 0.15) is 30.1 Å². The molecular formula is C23H24ClN3O2. The number of aryl methyl sites for hydroxylation is 1. The lowest BCUT2D eigenvalue weighted by Gasteiger charge is -2.34. The summed E-state index contributed by atoms with van der Waals surface area (Å²) >= 11 is 5.89. The van der Waals surface area contributed by atoms with Gasteiger partial charge in [-0.3, -0.25) is 9.78 Å². The number of nitrogens with zero attached hydrogens (tertiary/aromatic N) is 2. The zero-order chi connectivity index (χ0) is 20.4. The van der Waals surface area contributed by atoms with Crippen LogP contribution in [0, 0.1) is 6.92 Å². The van der Waals surface area contributed by atoms with Gasteiger partial charge in [0.05, 0.1) is 0 Å². The number of piperidine rings is 1. The fourth-order valence-corrected chi connectivity index (χ4v) is 4.08. The number of carbonyl (C=O) groups is 1. The Balaban J connectivity index is 1.40. The molecule has 3 aromatic rings. The van der Waals surface area contributed by atoms with Crippen LogP contribution in [0.3, 0.4) is 0 Å². The molecule has 5 nitrogen and oxygen atoms in total. The van der Waals surface area contributed by atoms with Crippen molar-refractivity contribution in [3.05, 3.63) is 71.0 Å². The van der Waals surface area contributed by atoms with E-state index in [9.17, 15) is 9.90 Å². The molecule has 2 aromatic carbocycles. The molecule has 1 atom stereocenters. The molecule has 1 aliphatic rings. The molecular weight excluding hydrogens is 386 g/mol. The number of hydrogen-bond acceptors (Lipinski definition) is 4. The van der Waals surface area contributed by atoms with Crippen molar-refractivity contribution in [1.82, 2.24) is 9.88 Å². The number of carbonyl (C=O) groups excluding carboxylic acids is 1. The van der Waals surface area contributed by atoms with Crippen LogP contribution < -0.4 is 5.32 Å². The minimum atomic E-state index is -1.15. The summed E-state index contributed by atoms with van der Waals surface area (Å²) in [5.41, 5.74) is 2.82. The predicted molar refractivity (Wildman–Crippen MR) is 116 cm³/mol. The van der Waals surface area contributed by atoms with Crippen LogP contribution in [-0.2, 0) is 4.79 Å². The monoisotopic (exact) mass is 409 g/mol. The number of rotatable bonds is 4. The quantitative estimate of drug-likeness (QED) is 0.673. The van der Waals surface area contributed by atoms with Gasteiger partial charge in [0.1, 0.15) is 0 Å². The highest BCUT2D eigenvalue weighted by atomic mass is 35.5. The van der Waals surface area contributed by atoms with Crippen LogP contribution in [0.4, 0.5) is 5.69 Å². The van der Waals surface area contributed by atoms with Gasteiger partial charge in [0.25, 0.3) is 5.91 Å². The first-order valence-corrected chi connectivity index (χ1v) is 10.2. The van der Waals surface area contributed by atoms with Crippen LogP contribution in [0.5, 0.6) is 0 Å². The highest BCUT2D eigenvalue weighted by Crippen LogP contribution is 2.28. The van der Waals surface area contributed by atoms with E-state index >= 15 is 0 Å². The SMILES string of the molecule is Cc1cncc2cccc(NC3CCN(C(=O)C(O)c4ccc(Cl)cc4)CC3)c12. The second kappa shape index (κ2) is 8.39. The van der Waals surface area contributed by atoms with E-state index in [4.69, 9.17) is 11.6 Å². The molecule has 2 heterocycles. The molecule has 0 saturated carbocycles. The molecule has 1 saturated heterocycles. The maximum absolute atomic E-state index is 12.7. The lowest BCUT2D eigenvalue weighted by molar-refractivity contribution is -0.141. The van der Waals surface area contributed by atoms with E-state index in [1.807, 2.05) is 18.5 Å². The summed E-state index contributed by atoms with van der Waals surface area (Å²) in [5, 5.41) is 17.0. The number of hydrogen-bond donors (Lipinski definition) is 2. The molecule has 1 aliphatic heterocycles. The average molecular weight is 410 g/mol. The van der Waals surface area contributed by atoms with Crippen molar-refractivity contribution in [2.24, 2.45) is 0 Å². The minimum Gasteiger partial charge on any atom is -0.382 e. The van der Waals surface area contributed by atoms with E-state index in [1.54, 1.807) is 29.2 Å². The molecule has 0 radical (unpaired) electrons. The normalized spacial score (nSPS) is 16.0. The van der Waals surface area contributed by atoms with Crippen molar-refractivity contribution in [2.45, 2.75) is 31.9 Å². The van der Waals surface area contributed by atoms with Crippen LogP contribution in [0.2, 0.25) is 5.02 Å². The number of likely N-dealkylation sites (tertiary alicyclic amines) is 1. The average Bonchev–Trinajstić information content (AvgIpc) is 2.74. The number of aromatic nitrogens is 1. The maximum atomic E-state index is 12.7. The van der Waals surface area contributed by atoms with Gasteiger partial charge in [-0.2, -0.15) is 0 Å². The number of amides is 1. The Morgan fingerprint density at radius 3 is 2.62 bits per heavy atom. The van der Waals surface area contributed by atoms with Gasteiger partial charge in [-0.25, -0.2) is 0 Å². The summed E-state index contributed by atoms with van der Waals surface area (Å²) in [6, 6.07) is 13.2. The third-order valence-corrected chi connectivity index (χ3v) is 5.81. The number of nitrogens with one attached hydrogen (secondary N) is 1. The van der Waals surface area contributed by atoms with Gasteiger partial charge < -0.3 is 15.3 Å². The number of benzene rings is 2. The van der Waals surface area contributed by atoms with Crippen molar-refractivity contribution in [3.8, 4) is 0 Å². The molecule has 2 N–H and O–H groups in total. The van der Waals surface area contributed by atoms with E-state index < -0.39 is 6.10 Å². The summed E-state index contributed by atoms with van der Waals surface area (Å²) in [6.07, 6.45) is 4.28. The Morgan fingerprint density at radius 1 is 1.17 bits per heavy atom. The Kier molecular flexibility index (Phi) is 5.69. The Labute approximate surface area is 175 Å². The van der Waals surface area contributed by atoms with Gasteiger partial charge in [-0.05, 0) is 49.1 Å². The van der Waals surface area contributed by atoms with E-state index in [1.165, 1.54) is 5.39 Å². The molecule has 1 unspecified atom stereocenters. The van der Waals surface area contributed by atoms with E-state index in [-0.39, 0.29) is 11.9 Å². The van der Waals surface area contributed by atoms with Gasteiger partial charge >= 0.3 is 0 Å². The van der Waals surface area contributed by atoms with Crippen LogP contribution in [0.25, 0.3) is 10.8 Å². The molecule has 0 bridgehead atoms. The zero-order valence-corrected chi connectivity index (χ0v) is 17.1. The Morgan fingerprint density at radius 2 is 1.90 bits per heavy atom. The van der Waals surface area contributed by atoms with Gasteiger partial charge in [0, 0.05) is 53.0 Å². The molecule has 1 amide bonds. The number of halogens is 1. The van der Waals surface area contributed by atoms with E-state index in [0.29, 0.717) is 23.7 Å². The zero-order valence-electron chi connectivity index (χ0n) is 16.3. The molecule has 1 aromatic heterocycles. The van der Waals surface area contributed by atoms with Gasteiger partial charge in [0.2, 0.25) is 0 Å². The molecule has 1 fully saturated rings. The van der Waals surface area contributed by atoms with E-state index in [0.717, 1.165) is 29.5 Å². The highest BCUT2D eigenvalue weighted by molar-refractivity contribution is 6.30. The summed E-state index contributed by atoms with van der Waals surface area (Å²) in [5.74, 6) is -0.252. The van der Waals surface area contributed by atoms with Crippen molar-refractivity contribution >= 4 is 34.0 Å². The standard InChI is InChI=1S/C23H24ClN3O2/c1-15-13-25-14-17-3-2-4-20(21(15)17)26-19-9-11-27(12-10-19)23(29)22(28)16-5-7-18(24)8-6-16/h2-8,13-14,19,22,26,28H,9-12H2,1H3. The van der Waals surface area contributed by atoms with Gasteiger partial charge in [-0.1, -0.05) is 35.9 Å². The Bertz CT molecular complexity index is 1010. The smallest absolute Gasteiger partial charge is 0.256 e. The first-order valence-electron chi connectivity index (χ1n) is 9.85. The third-order valence-electron chi connectivity index (χ3n) is 5.56. The number of fused-ring (bicyclic) bond motifs is 1. The first-order chi connectivity index (χ1) is 14.0. The van der Waals surface area contributed by atoms with Crippen molar-refractivity contribution in [1.29, 1.82) is 0 Å². The second-order valence-corrected chi connectivity index (χ2v) is 7.99. The highest BCUT2D eigenvalue weighted by Gasteiger charge is 2.28. The van der Waals surface area contributed by atoms with Gasteiger partial charge in [0.15, 0.2) is 6.10 Å². The van der Waals surface area contributed by atoms with E-state index in [2.05, 4.69) is 29.4 Å². The molecule has 29 heavy (non-hydrogen) atoms. The molecule has 0 aliphatic carbocycles. The van der Waals surface area contributed by atoms with Crippen LogP contribution in [-0.4, -0.2) is 40.0 Å². The van der Waals surface area contributed by atoms with Crippen molar-refractivity contribution < 1.29 is 9.90 Å². The fourth-order valence-electron chi connectivity index (χ4n) is 3.96. The fraction of sp³-hybridized carbons (Fsp3) is 0.304. The summed E-state index contributed by atoms with van der Waals surface area (Å²) in [7, 11) is 0. The van der Waals surface area contributed by atoms with Crippen molar-refractivity contribution in [3.63, 3.8) is 0 Å². The van der Waals surface area contributed by atoms with Crippen LogP contribution in [0.15, 0.2) is 54.9 Å². The van der Waals surface area contributed by atoms with Crippen LogP contribution >= 0.6 is 11.6 Å². The number of aliphatic hydroxyl groups excluding tert-OH is 1. The van der Waals surface area contributed by atoms with Gasteiger partial charge in [-0.15, -0.1) is 0 Å². The minimum absolute atomic E-state index is 0.252. The number of aliphatic hydroxyl groups is 1. The third kappa shape index (κ3) is 4.21. The Hall–Kier alpha value is -2.63. The van der Waals surface area contributed by atoms with Crippen molar-refractivity contribution in [2.75, 3.05) is 18.4 Å². The topological polar surface area (TPSA) is 65.5 Å². The second-order valence-electron chi connectivity index (χ2n) is 7.56. The summed E-state index contributed by atoms with van der Waals surface area (Å²) < 4.78 is 0. The number of pyridine rings is 1. The lowest BCUT2D eigenvalue weighted by Crippen LogP contribution is -2.44. The molecule has 4 rings (SSSR count).